The van der Waals surface area contributed by atoms with Crippen LogP contribution in [-0.2, 0) is 14.3 Å². The van der Waals surface area contributed by atoms with E-state index in [-0.39, 0.29) is 0 Å². The van der Waals surface area contributed by atoms with Crippen LogP contribution in [-0.4, -0.2) is 42.0 Å². The summed E-state index contributed by atoms with van der Waals surface area (Å²) in [6, 6.07) is 1.50. The lowest BCUT2D eigenvalue weighted by Gasteiger charge is -2.17. The number of amides is 3. The number of thiophene rings is 1. The third kappa shape index (κ3) is 3.69. The van der Waals surface area contributed by atoms with Crippen LogP contribution in [0.1, 0.15) is 17.4 Å². The molecule has 7 heteroatoms. The molecule has 1 aliphatic heterocycles. The van der Waals surface area contributed by atoms with E-state index in [2.05, 4.69) is 5.32 Å². The maximum Gasteiger partial charge on any atom is 0.331 e. The maximum atomic E-state index is 11.9. The second kappa shape index (κ2) is 6.53. The van der Waals surface area contributed by atoms with Gasteiger partial charge in [0.2, 0.25) is 0 Å². The number of nitrogens with zero attached hydrogens (tertiary/aromatic N) is 1. The van der Waals surface area contributed by atoms with Crippen molar-refractivity contribution in [3.8, 4) is 0 Å². The van der Waals surface area contributed by atoms with Gasteiger partial charge in [-0.15, -0.1) is 11.3 Å². The van der Waals surface area contributed by atoms with Gasteiger partial charge < -0.3 is 10.1 Å². The van der Waals surface area contributed by atoms with Crippen molar-refractivity contribution in [2.45, 2.75) is 20.0 Å². The molecular formula is C14H16N2O4S. The molecule has 0 radical (unpaired) electrons. The average Bonchev–Trinajstić information content (AvgIpc) is 3.04. The van der Waals surface area contributed by atoms with Crippen molar-refractivity contribution in [3.63, 3.8) is 0 Å². The molecule has 2 rings (SSSR count). The normalized spacial score (nSPS) is 16.1. The number of nitrogens with one attached hydrogen (secondary N) is 1. The van der Waals surface area contributed by atoms with Crippen LogP contribution in [0.25, 0.3) is 6.08 Å². The number of carbonyl (C=O) groups excluding carboxylic acids is 3. The van der Waals surface area contributed by atoms with Gasteiger partial charge in [0.1, 0.15) is 0 Å². The van der Waals surface area contributed by atoms with Gasteiger partial charge in [-0.05, 0) is 36.9 Å². The van der Waals surface area contributed by atoms with Crippen molar-refractivity contribution in [3.05, 3.63) is 28.0 Å². The zero-order chi connectivity index (χ0) is 15.4. The molecule has 1 saturated heterocycles. The van der Waals surface area contributed by atoms with Crippen LogP contribution in [0.3, 0.4) is 0 Å². The summed E-state index contributed by atoms with van der Waals surface area (Å²) in [5.41, 5.74) is 1.07. The Labute approximate surface area is 126 Å². The van der Waals surface area contributed by atoms with Crippen LogP contribution in [0, 0.1) is 6.92 Å². The first kappa shape index (κ1) is 15.2. The molecule has 0 aliphatic carbocycles. The molecule has 1 aromatic rings. The molecule has 6 nitrogen and oxygen atoms in total. The van der Waals surface area contributed by atoms with Gasteiger partial charge in [-0.2, -0.15) is 0 Å². The van der Waals surface area contributed by atoms with E-state index in [9.17, 15) is 14.4 Å². The van der Waals surface area contributed by atoms with E-state index in [0.29, 0.717) is 13.1 Å². The monoisotopic (exact) mass is 308 g/mol. The standard InChI is InChI=1S/C14H16N2O4S/c1-9-5-8-21-11(9)3-4-12(17)20-10(2)13(18)16-7-6-15-14(16)19/h3-5,8,10H,6-7H2,1-2H3,(H,15,19)/b4-3+/t10-/m1/s1. The number of imide groups is 1. The Morgan fingerprint density at radius 3 is 2.86 bits per heavy atom. The van der Waals surface area contributed by atoms with Crippen LogP contribution in [0.4, 0.5) is 4.79 Å². The van der Waals surface area contributed by atoms with E-state index in [1.54, 1.807) is 6.08 Å². The van der Waals surface area contributed by atoms with E-state index in [1.807, 2.05) is 18.4 Å². The number of aryl methyl sites for hydroxylation is 1. The lowest BCUT2D eigenvalue weighted by atomic mass is 10.3. The fourth-order valence-electron chi connectivity index (χ4n) is 1.86. The van der Waals surface area contributed by atoms with Crippen molar-refractivity contribution in [1.29, 1.82) is 0 Å². The second-order valence-electron chi connectivity index (χ2n) is 4.60. The SMILES string of the molecule is Cc1ccsc1/C=C/C(=O)O[C@H](C)C(=O)N1CCNC1=O. The smallest absolute Gasteiger partial charge is 0.331 e. The summed E-state index contributed by atoms with van der Waals surface area (Å²) < 4.78 is 5.02. The first-order chi connectivity index (χ1) is 9.99. The van der Waals surface area contributed by atoms with Gasteiger partial charge in [0.25, 0.3) is 5.91 Å². The Kier molecular flexibility index (Phi) is 4.74. The zero-order valence-electron chi connectivity index (χ0n) is 11.8. The Hall–Kier alpha value is -2.15. The number of hydrogen-bond donors (Lipinski definition) is 1. The number of carbonyl (C=O) groups is 3. The fraction of sp³-hybridized carbons (Fsp3) is 0.357. The summed E-state index contributed by atoms with van der Waals surface area (Å²) >= 11 is 1.51. The number of urea groups is 1. The van der Waals surface area contributed by atoms with E-state index in [1.165, 1.54) is 24.3 Å². The average molecular weight is 308 g/mol. The molecule has 1 aliphatic rings. The molecule has 0 unspecified atom stereocenters. The van der Waals surface area contributed by atoms with Crippen molar-refractivity contribution >= 4 is 35.3 Å². The van der Waals surface area contributed by atoms with Crippen LogP contribution in [0.5, 0.6) is 0 Å². The zero-order valence-corrected chi connectivity index (χ0v) is 12.6. The molecule has 0 aromatic carbocycles. The molecule has 1 fully saturated rings. The molecule has 3 amide bonds. The molecule has 1 N–H and O–H groups in total. The predicted octanol–water partition coefficient (Wildman–Crippen LogP) is 1.55. The lowest BCUT2D eigenvalue weighted by Crippen LogP contribution is -2.41. The second-order valence-corrected chi connectivity index (χ2v) is 5.55. The highest BCUT2D eigenvalue weighted by atomic mass is 32.1. The van der Waals surface area contributed by atoms with Crippen molar-refractivity contribution in [2.24, 2.45) is 0 Å². The lowest BCUT2D eigenvalue weighted by molar-refractivity contribution is -0.153. The van der Waals surface area contributed by atoms with E-state index >= 15 is 0 Å². The Bertz CT molecular complexity index is 594. The molecule has 2 heterocycles. The minimum atomic E-state index is -0.990. The summed E-state index contributed by atoms with van der Waals surface area (Å²) in [7, 11) is 0. The highest BCUT2D eigenvalue weighted by Gasteiger charge is 2.31. The van der Waals surface area contributed by atoms with Gasteiger partial charge in [-0.1, -0.05) is 0 Å². The summed E-state index contributed by atoms with van der Waals surface area (Å²) in [6.45, 7) is 4.11. The minimum Gasteiger partial charge on any atom is -0.449 e. The molecule has 0 saturated carbocycles. The molecule has 21 heavy (non-hydrogen) atoms. The number of ether oxygens (including phenoxy) is 1. The topological polar surface area (TPSA) is 75.7 Å². The molecular weight excluding hydrogens is 292 g/mol. The number of esters is 1. The molecule has 0 bridgehead atoms. The van der Waals surface area contributed by atoms with Crippen molar-refractivity contribution < 1.29 is 19.1 Å². The van der Waals surface area contributed by atoms with Gasteiger partial charge >= 0.3 is 12.0 Å². The Balaban J connectivity index is 1.90. The Morgan fingerprint density at radius 2 is 2.29 bits per heavy atom. The molecule has 1 aromatic heterocycles. The van der Waals surface area contributed by atoms with Crippen molar-refractivity contribution in [1.82, 2.24) is 10.2 Å². The largest absolute Gasteiger partial charge is 0.449 e. The minimum absolute atomic E-state index is 0.295. The van der Waals surface area contributed by atoms with Gasteiger partial charge in [0, 0.05) is 24.0 Å². The first-order valence-electron chi connectivity index (χ1n) is 6.51. The summed E-state index contributed by atoms with van der Waals surface area (Å²) in [5.74, 6) is -1.12. The third-order valence-corrected chi connectivity index (χ3v) is 4.02. The van der Waals surface area contributed by atoms with E-state index < -0.39 is 24.0 Å². The van der Waals surface area contributed by atoms with Gasteiger partial charge in [0.15, 0.2) is 6.10 Å². The summed E-state index contributed by atoms with van der Waals surface area (Å²) in [5, 5.41) is 4.45. The fourth-order valence-corrected chi connectivity index (χ4v) is 2.68. The molecule has 1 atom stereocenters. The van der Waals surface area contributed by atoms with Gasteiger partial charge in [0.05, 0.1) is 0 Å². The summed E-state index contributed by atoms with van der Waals surface area (Å²) in [6.07, 6.45) is 1.95. The highest BCUT2D eigenvalue weighted by molar-refractivity contribution is 7.11. The predicted molar refractivity (Wildman–Crippen MR) is 78.8 cm³/mol. The molecule has 112 valence electrons. The van der Waals surface area contributed by atoms with Crippen molar-refractivity contribution in [2.75, 3.05) is 13.1 Å². The highest BCUT2D eigenvalue weighted by Crippen LogP contribution is 2.17. The van der Waals surface area contributed by atoms with Gasteiger partial charge in [-0.25, -0.2) is 9.59 Å². The molecule has 0 spiro atoms. The quantitative estimate of drug-likeness (QED) is 0.676. The van der Waals surface area contributed by atoms with Crippen LogP contribution < -0.4 is 5.32 Å². The van der Waals surface area contributed by atoms with E-state index in [4.69, 9.17) is 4.74 Å². The summed E-state index contributed by atoms with van der Waals surface area (Å²) in [4.78, 5) is 37.0. The van der Waals surface area contributed by atoms with Crippen LogP contribution >= 0.6 is 11.3 Å². The first-order valence-corrected chi connectivity index (χ1v) is 7.39. The third-order valence-electron chi connectivity index (χ3n) is 3.04. The van der Waals surface area contributed by atoms with E-state index in [0.717, 1.165) is 15.3 Å². The van der Waals surface area contributed by atoms with Gasteiger partial charge in [-0.3, -0.25) is 9.69 Å². The maximum absolute atomic E-state index is 11.9. The number of rotatable bonds is 4. The van der Waals surface area contributed by atoms with Crippen LogP contribution in [0.15, 0.2) is 17.5 Å². The Morgan fingerprint density at radius 1 is 1.52 bits per heavy atom. The van der Waals surface area contributed by atoms with Crippen LogP contribution in [0.2, 0.25) is 0 Å². The number of hydrogen-bond acceptors (Lipinski definition) is 5.